The van der Waals surface area contributed by atoms with Crippen molar-refractivity contribution in [2.75, 3.05) is 20.6 Å². The van der Waals surface area contributed by atoms with Crippen LogP contribution in [0, 0.1) is 0 Å². The van der Waals surface area contributed by atoms with E-state index in [1.807, 2.05) is 52.2 Å². The van der Waals surface area contributed by atoms with Gasteiger partial charge in [0, 0.05) is 24.7 Å². The molecule has 20 heavy (non-hydrogen) atoms. The minimum Gasteiger partial charge on any atom is -0.392 e. The van der Waals surface area contributed by atoms with Crippen LogP contribution >= 0.6 is 0 Å². The summed E-state index contributed by atoms with van der Waals surface area (Å²) in [6, 6.07) is 7.76. The number of aliphatic hydroxyl groups is 1. The predicted octanol–water partition coefficient (Wildman–Crippen LogP) is 1.98. The van der Waals surface area contributed by atoms with Gasteiger partial charge in [0.2, 0.25) is 0 Å². The molecular formula is C16H26N2O2. The third kappa shape index (κ3) is 4.94. The van der Waals surface area contributed by atoms with Crippen molar-refractivity contribution in [3.8, 4) is 0 Å². The lowest BCUT2D eigenvalue weighted by Gasteiger charge is -2.28. The monoisotopic (exact) mass is 278 g/mol. The number of hydrogen-bond donors (Lipinski definition) is 1. The van der Waals surface area contributed by atoms with Crippen molar-refractivity contribution < 1.29 is 9.90 Å². The Bertz CT molecular complexity index is 442. The molecule has 0 saturated heterocycles. The van der Waals surface area contributed by atoms with E-state index in [-0.39, 0.29) is 11.9 Å². The first-order chi connectivity index (χ1) is 9.31. The molecule has 0 aliphatic carbocycles. The fraction of sp³-hybridized carbons (Fsp3) is 0.562. The largest absolute Gasteiger partial charge is 0.392 e. The van der Waals surface area contributed by atoms with Gasteiger partial charge in [-0.05, 0) is 52.6 Å². The zero-order valence-corrected chi connectivity index (χ0v) is 13.1. The summed E-state index contributed by atoms with van der Waals surface area (Å²) >= 11 is 0. The van der Waals surface area contributed by atoms with Gasteiger partial charge in [0.15, 0.2) is 0 Å². The molecule has 4 nitrogen and oxygen atoms in total. The number of hydrogen-bond acceptors (Lipinski definition) is 3. The fourth-order valence-corrected chi connectivity index (χ4v) is 2.15. The predicted molar refractivity (Wildman–Crippen MR) is 81.7 cm³/mol. The molecule has 0 fully saturated rings. The molecule has 0 aliphatic rings. The van der Waals surface area contributed by atoms with Gasteiger partial charge in [-0.2, -0.15) is 0 Å². The highest BCUT2D eigenvalue weighted by molar-refractivity contribution is 5.94. The van der Waals surface area contributed by atoms with E-state index >= 15 is 0 Å². The third-order valence-electron chi connectivity index (χ3n) is 3.02. The maximum Gasteiger partial charge on any atom is 0.254 e. The van der Waals surface area contributed by atoms with Crippen molar-refractivity contribution >= 4 is 5.91 Å². The summed E-state index contributed by atoms with van der Waals surface area (Å²) in [5.41, 5.74) is 1.79. The molecule has 0 heterocycles. The molecule has 112 valence electrons. The van der Waals surface area contributed by atoms with E-state index in [2.05, 4.69) is 4.90 Å². The van der Waals surface area contributed by atoms with Crippen LogP contribution < -0.4 is 0 Å². The maximum absolute atomic E-state index is 12.6. The van der Waals surface area contributed by atoms with Gasteiger partial charge in [0.25, 0.3) is 5.91 Å². The highest BCUT2D eigenvalue weighted by Crippen LogP contribution is 2.12. The zero-order valence-electron chi connectivity index (χ0n) is 13.1. The van der Waals surface area contributed by atoms with Gasteiger partial charge < -0.3 is 14.9 Å². The van der Waals surface area contributed by atoms with E-state index in [4.69, 9.17) is 0 Å². The molecule has 4 heteroatoms. The molecule has 1 atom stereocenters. The fourth-order valence-electron chi connectivity index (χ4n) is 2.15. The molecule has 1 aromatic rings. The summed E-state index contributed by atoms with van der Waals surface area (Å²) in [6.07, 6.45) is -0.522. The van der Waals surface area contributed by atoms with Gasteiger partial charge >= 0.3 is 0 Å². The molecule has 1 aromatic carbocycles. The van der Waals surface area contributed by atoms with Crippen molar-refractivity contribution in [2.45, 2.75) is 39.5 Å². The van der Waals surface area contributed by atoms with E-state index in [0.717, 1.165) is 12.1 Å². The lowest BCUT2D eigenvalue weighted by Crippen LogP contribution is -2.41. The van der Waals surface area contributed by atoms with Crippen LogP contribution in [0.5, 0.6) is 0 Å². The lowest BCUT2D eigenvalue weighted by atomic mass is 10.1. The first-order valence-electron chi connectivity index (χ1n) is 7.04. The van der Waals surface area contributed by atoms with Gasteiger partial charge in [0.05, 0.1) is 6.10 Å². The highest BCUT2D eigenvalue weighted by Gasteiger charge is 2.20. The topological polar surface area (TPSA) is 43.8 Å². The molecule has 0 bridgehead atoms. The number of benzene rings is 1. The summed E-state index contributed by atoms with van der Waals surface area (Å²) in [7, 11) is 4.00. The van der Waals surface area contributed by atoms with Gasteiger partial charge in [-0.3, -0.25) is 4.79 Å². The van der Waals surface area contributed by atoms with Crippen molar-refractivity contribution in [2.24, 2.45) is 0 Å². The van der Waals surface area contributed by atoms with E-state index < -0.39 is 6.10 Å². The number of amides is 1. The number of nitrogens with zero attached hydrogens (tertiary/aromatic N) is 2. The number of carbonyl (C=O) groups excluding carboxylic acids is 1. The molecular weight excluding hydrogens is 252 g/mol. The average Bonchev–Trinajstić information content (AvgIpc) is 2.34. The van der Waals surface area contributed by atoms with E-state index in [0.29, 0.717) is 12.1 Å². The van der Waals surface area contributed by atoms with Crippen molar-refractivity contribution in [1.82, 2.24) is 9.80 Å². The second-order valence-electron chi connectivity index (χ2n) is 5.84. The molecule has 1 N–H and O–H groups in total. The quantitative estimate of drug-likeness (QED) is 0.865. The molecule has 0 radical (unpaired) electrons. The summed E-state index contributed by atoms with van der Waals surface area (Å²) in [5, 5.41) is 9.54. The van der Waals surface area contributed by atoms with Crippen LogP contribution in [0.3, 0.4) is 0 Å². The SMILES string of the molecule is CC(O)CN(C(=O)c1cccc(CN(C)C)c1)C(C)C. The summed E-state index contributed by atoms with van der Waals surface area (Å²) in [4.78, 5) is 16.3. The van der Waals surface area contributed by atoms with Crippen LogP contribution in [0.2, 0.25) is 0 Å². The molecule has 1 unspecified atom stereocenters. The standard InChI is InChI=1S/C16H26N2O2/c1-12(2)18(10-13(3)19)16(20)15-8-6-7-14(9-15)11-17(4)5/h6-9,12-13,19H,10-11H2,1-5H3. The van der Waals surface area contributed by atoms with E-state index in [9.17, 15) is 9.90 Å². The third-order valence-corrected chi connectivity index (χ3v) is 3.02. The zero-order chi connectivity index (χ0) is 15.3. The second kappa shape index (κ2) is 7.41. The Labute approximate surface area is 122 Å². The van der Waals surface area contributed by atoms with Crippen molar-refractivity contribution in [3.05, 3.63) is 35.4 Å². The Morgan fingerprint density at radius 2 is 1.90 bits per heavy atom. The number of carbonyl (C=O) groups is 1. The first-order valence-corrected chi connectivity index (χ1v) is 7.04. The first kappa shape index (κ1) is 16.7. The summed E-state index contributed by atoms with van der Waals surface area (Å²) < 4.78 is 0. The molecule has 0 saturated carbocycles. The van der Waals surface area contributed by atoms with Crippen LogP contribution in [-0.2, 0) is 6.54 Å². The van der Waals surface area contributed by atoms with Crippen LogP contribution in [0.15, 0.2) is 24.3 Å². The van der Waals surface area contributed by atoms with Gasteiger partial charge in [-0.15, -0.1) is 0 Å². The Balaban J connectivity index is 2.94. The van der Waals surface area contributed by atoms with Crippen molar-refractivity contribution in [3.63, 3.8) is 0 Å². The molecule has 0 aliphatic heterocycles. The van der Waals surface area contributed by atoms with E-state index in [1.165, 1.54) is 0 Å². The van der Waals surface area contributed by atoms with Crippen LogP contribution in [0.1, 0.15) is 36.7 Å². The molecule has 0 aromatic heterocycles. The minimum absolute atomic E-state index is 0.0264. The average molecular weight is 278 g/mol. The molecule has 1 amide bonds. The summed E-state index contributed by atoms with van der Waals surface area (Å²) in [5.74, 6) is -0.0264. The van der Waals surface area contributed by atoms with Gasteiger partial charge in [-0.25, -0.2) is 0 Å². The van der Waals surface area contributed by atoms with Crippen LogP contribution in [0.4, 0.5) is 0 Å². The normalized spacial score (nSPS) is 12.8. The smallest absolute Gasteiger partial charge is 0.254 e. The maximum atomic E-state index is 12.6. The van der Waals surface area contributed by atoms with Crippen LogP contribution in [-0.4, -0.2) is 53.6 Å². The number of rotatable bonds is 6. The summed E-state index contributed by atoms with van der Waals surface area (Å²) in [6.45, 7) is 6.78. The van der Waals surface area contributed by atoms with E-state index in [1.54, 1.807) is 11.8 Å². The highest BCUT2D eigenvalue weighted by atomic mass is 16.3. The van der Waals surface area contributed by atoms with Crippen LogP contribution in [0.25, 0.3) is 0 Å². The second-order valence-corrected chi connectivity index (χ2v) is 5.84. The van der Waals surface area contributed by atoms with Gasteiger partial charge in [-0.1, -0.05) is 12.1 Å². The molecule has 1 rings (SSSR count). The Morgan fingerprint density at radius 1 is 1.25 bits per heavy atom. The Hall–Kier alpha value is -1.39. The Kier molecular flexibility index (Phi) is 6.17. The minimum atomic E-state index is -0.522. The number of aliphatic hydroxyl groups excluding tert-OH is 1. The molecule has 0 spiro atoms. The Morgan fingerprint density at radius 3 is 2.40 bits per heavy atom. The lowest BCUT2D eigenvalue weighted by molar-refractivity contribution is 0.0578. The van der Waals surface area contributed by atoms with Gasteiger partial charge in [0.1, 0.15) is 0 Å². The van der Waals surface area contributed by atoms with Crippen molar-refractivity contribution in [1.29, 1.82) is 0 Å².